The molecule has 3 aromatic rings. The Kier molecular flexibility index (Phi) is 7.49. The lowest BCUT2D eigenvalue weighted by molar-refractivity contribution is -0.150. The number of anilines is 1. The summed E-state index contributed by atoms with van der Waals surface area (Å²) in [7, 11) is 1.26. The molecule has 0 bridgehead atoms. The molecule has 0 aliphatic rings. The summed E-state index contributed by atoms with van der Waals surface area (Å²) in [5, 5.41) is 6.44. The molecule has 2 amide bonds. The number of aromatic amines is 1. The highest BCUT2D eigenvalue weighted by molar-refractivity contribution is 7.16. The molecule has 0 aliphatic carbocycles. The standard InChI is InChI=1S/C23H25N3O6S/c1-12-13(2)33-21(20(12)23(30)31-4)26-19(28)11-32-22(29)18(25-14(3)27)9-15-10-24-17-8-6-5-7-16(15)17/h5-8,10,18,24H,9,11H2,1-4H3,(H,25,27)(H,26,28)/t18-/m0/s1. The fourth-order valence-corrected chi connectivity index (χ4v) is 4.49. The van der Waals surface area contributed by atoms with Crippen molar-refractivity contribution >= 4 is 51.0 Å². The number of ether oxygens (including phenoxy) is 2. The van der Waals surface area contributed by atoms with Crippen molar-refractivity contribution in [1.82, 2.24) is 10.3 Å². The van der Waals surface area contributed by atoms with E-state index in [9.17, 15) is 19.2 Å². The van der Waals surface area contributed by atoms with Gasteiger partial charge in [-0.25, -0.2) is 9.59 Å². The molecule has 0 fully saturated rings. The van der Waals surface area contributed by atoms with Crippen molar-refractivity contribution in [2.24, 2.45) is 0 Å². The second-order valence-corrected chi connectivity index (χ2v) is 8.68. The number of hydrogen-bond donors (Lipinski definition) is 3. The highest BCUT2D eigenvalue weighted by Crippen LogP contribution is 2.32. The Morgan fingerprint density at radius 2 is 1.88 bits per heavy atom. The van der Waals surface area contributed by atoms with Crippen LogP contribution >= 0.6 is 11.3 Å². The number of fused-ring (bicyclic) bond motifs is 1. The molecule has 0 saturated heterocycles. The molecule has 10 heteroatoms. The molecule has 9 nitrogen and oxygen atoms in total. The van der Waals surface area contributed by atoms with Crippen LogP contribution in [-0.2, 0) is 30.3 Å². The maximum absolute atomic E-state index is 12.7. The first-order valence-corrected chi connectivity index (χ1v) is 11.0. The third kappa shape index (κ3) is 5.58. The van der Waals surface area contributed by atoms with Crippen LogP contribution in [0.3, 0.4) is 0 Å². The SMILES string of the molecule is COC(=O)c1c(NC(=O)COC(=O)[C@H](Cc2c[nH]c3ccccc23)NC(C)=O)sc(C)c1C. The summed E-state index contributed by atoms with van der Waals surface area (Å²) in [4.78, 5) is 52.8. The Labute approximate surface area is 194 Å². The van der Waals surface area contributed by atoms with Crippen molar-refractivity contribution in [1.29, 1.82) is 0 Å². The molecular formula is C23H25N3O6S. The van der Waals surface area contributed by atoms with E-state index in [1.54, 1.807) is 13.1 Å². The number of amides is 2. The lowest BCUT2D eigenvalue weighted by Gasteiger charge is -2.16. The van der Waals surface area contributed by atoms with Gasteiger partial charge in [0.05, 0.1) is 12.7 Å². The largest absolute Gasteiger partial charge is 0.465 e. The Morgan fingerprint density at radius 1 is 1.15 bits per heavy atom. The third-order valence-electron chi connectivity index (χ3n) is 5.13. The Balaban J connectivity index is 1.67. The molecule has 0 unspecified atom stereocenters. The van der Waals surface area contributed by atoms with Crippen LogP contribution in [0.15, 0.2) is 30.5 Å². The lowest BCUT2D eigenvalue weighted by atomic mass is 10.0. The van der Waals surface area contributed by atoms with Crippen LogP contribution in [0.25, 0.3) is 10.9 Å². The van der Waals surface area contributed by atoms with E-state index in [1.165, 1.54) is 25.4 Å². The quantitative estimate of drug-likeness (QED) is 0.434. The molecule has 2 aromatic heterocycles. The number of rotatable bonds is 8. The van der Waals surface area contributed by atoms with Crippen molar-refractivity contribution in [3.05, 3.63) is 52.0 Å². The van der Waals surface area contributed by atoms with Crippen molar-refractivity contribution in [2.45, 2.75) is 33.2 Å². The molecule has 1 aromatic carbocycles. The predicted octanol–water partition coefficient (Wildman–Crippen LogP) is 2.86. The number of aromatic nitrogens is 1. The summed E-state index contributed by atoms with van der Waals surface area (Å²) in [6.07, 6.45) is 1.97. The molecule has 1 atom stereocenters. The highest BCUT2D eigenvalue weighted by Gasteiger charge is 2.25. The van der Waals surface area contributed by atoms with Gasteiger partial charge in [0.15, 0.2) is 6.61 Å². The average molecular weight is 472 g/mol. The first kappa shape index (κ1) is 24.0. The fraction of sp³-hybridized carbons (Fsp3) is 0.304. The number of esters is 2. The van der Waals surface area contributed by atoms with Gasteiger partial charge in [-0.05, 0) is 31.0 Å². The first-order valence-electron chi connectivity index (χ1n) is 10.2. The lowest BCUT2D eigenvalue weighted by Crippen LogP contribution is -2.43. The van der Waals surface area contributed by atoms with E-state index >= 15 is 0 Å². The van der Waals surface area contributed by atoms with Gasteiger partial charge in [-0.15, -0.1) is 11.3 Å². The molecule has 174 valence electrons. The number of nitrogens with one attached hydrogen (secondary N) is 3. The van der Waals surface area contributed by atoms with Gasteiger partial charge < -0.3 is 25.1 Å². The molecule has 0 aliphatic heterocycles. The maximum atomic E-state index is 12.7. The van der Waals surface area contributed by atoms with E-state index in [0.717, 1.165) is 21.3 Å². The highest BCUT2D eigenvalue weighted by atomic mass is 32.1. The first-order chi connectivity index (χ1) is 15.7. The molecule has 3 N–H and O–H groups in total. The second kappa shape index (κ2) is 10.3. The number of carbonyl (C=O) groups is 4. The average Bonchev–Trinajstić information content (AvgIpc) is 3.31. The van der Waals surface area contributed by atoms with Gasteiger partial charge in [-0.3, -0.25) is 9.59 Å². The zero-order valence-electron chi connectivity index (χ0n) is 18.7. The minimum absolute atomic E-state index is 0.194. The van der Waals surface area contributed by atoms with Crippen molar-refractivity contribution in [3.63, 3.8) is 0 Å². The zero-order valence-corrected chi connectivity index (χ0v) is 19.6. The molecule has 3 rings (SSSR count). The number of aryl methyl sites for hydroxylation is 1. The Morgan fingerprint density at radius 3 is 2.58 bits per heavy atom. The van der Waals surface area contributed by atoms with Gasteiger partial charge in [0, 0.05) is 35.3 Å². The summed E-state index contributed by atoms with van der Waals surface area (Å²) >= 11 is 1.23. The van der Waals surface area contributed by atoms with E-state index in [1.807, 2.05) is 31.2 Å². The van der Waals surface area contributed by atoms with E-state index in [2.05, 4.69) is 15.6 Å². The molecule has 0 spiro atoms. The van der Waals surface area contributed by atoms with Gasteiger partial charge in [-0.1, -0.05) is 18.2 Å². The Hall–Kier alpha value is -3.66. The number of carbonyl (C=O) groups excluding carboxylic acids is 4. The molecule has 2 heterocycles. The number of benzene rings is 1. The van der Waals surface area contributed by atoms with E-state index < -0.39 is 36.4 Å². The minimum Gasteiger partial charge on any atom is -0.465 e. The Bertz CT molecular complexity index is 1210. The summed E-state index contributed by atoms with van der Waals surface area (Å²) < 4.78 is 9.96. The second-order valence-electron chi connectivity index (χ2n) is 7.45. The summed E-state index contributed by atoms with van der Waals surface area (Å²) in [6.45, 7) is 4.32. The number of methoxy groups -OCH3 is 1. The topological polar surface area (TPSA) is 127 Å². The van der Waals surface area contributed by atoms with E-state index in [4.69, 9.17) is 9.47 Å². The molecular weight excluding hydrogens is 446 g/mol. The van der Waals surface area contributed by atoms with Gasteiger partial charge in [0.25, 0.3) is 5.91 Å². The summed E-state index contributed by atoms with van der Waals surface area (Å²) in [5.41, 5.74) is 2.72. The van der Waals surface area contributed by atoms with Crippen LogP contribution in [0.2, 0.25) is 0 Å². The smallest absolute Gasteiger partial charge is 0.341 e. The molecule has 0 saturated carbocycles. The normalized spacial score (nSPS) is 11.6. The molecule has 33 heavy (non-hydrogen) atoms. The van der Waals surface area contributed by atoms with Gasteiger partial charge >= 0.3 is 11.9 Å². The van der Waals surface area contributed by atoms with Crippen molar-refractivity contribution < 1.29 is 28.7 Å². The van der Waals surface area contributed by atoms with Crippen LogP contribution in [0.1, 0.15) is 33.3 Å². The number of thiophene rings is 1. The monoisotopic (exact) mass is 471 g/mol. The maximum Gasteiger partial charge on any atom is 0.341 e. The summed E-state index contributed by atoms with van der Waals surface area (Å²) in [5.74, 6) is -2.30. The number of para-hydroxylation sites is 1. The van der Waals surface area contributed by atoms with E-state index in [0.29, 0.717) is 10.6 Å². The van der Waals surface area contributed by atoms with Crippen LogP contribution < -0.4 is 10.6 Å². The van der Waals surface area contributed by atoms with Gasteiger partial charge in [0.2, 0.25) is 5.91 Å². The van der Waals surface area contributed by atoms with Gasteiger partial charge in [-0.2, -0.15) is 0 Å². The van der Waals surface area contributed by atoms with Gasteiger partial charge in [0.1, 0.15) is 11.0 Å². The number of hydrogen-bond acceptors (Lipinski definition) is 7. The zero-order chi connectivity index (χ0) is 24.1. The fourth-order valence-electron chi connectivity index (χ4n) is 3.42. The third-order valence-corrected chi connectivity index (χ3v) is 6.26. The van der Waals surface area contributed by atoms with Crippen LogP contribution in [-0.4, -0.2) is 48.5 Å². The van der Waals surface area contributed by atoms with E-state index in [-0.39, 0.29) is 12.0 Å². The van der Waals surface area contributed by atoms with Crippen LogP contribution in [0.5, 0.6) is 0 Å². The van der Waals surface area contributed by atoms with Crippen LogP contribution in [0.4, 0.5) is 5.00 Å². The molecule has 0 radical (unpaired) electrons. The van der Waals surface area contributed by atoms with Crippen LogP contribution in [0, 0.1) is 13.8 Å². The van der Waals surface area contributed by atoms with Crippen molar-refractivity contribution in [2.75, 3.05) is 19.0 Å². The predicted molar refractivity (Wildman–Crippen MR) is 124 cm³/mol. The summed E-state index contributed by atoms with van der Waals surface area (Å²) in [6, 6.07) is 6.63. The minimum atomic E-state index is -0.966. The van der Waals surface area contributed by atoms with Crippen molar-refractivity contribution in [3.8, 4) is 0 Å². The number of H-pyrrole nitrogens is 1.